The molecule has 2 aromatic carbocycles. The average Bonchev–Trinajstić information content (AvgIpc) is 3.51. The van der Waals surface area contributed by atoms with Crippen LogP contribution in [0.2, 0.25) is 0 Å². The van der Waals surface area contributed by atoms with Crippen LogP contribution in [0.1, 0.15) is 71.6 Å². The standard InChI is InChI=1S/C26H26FN3O3/c1-16-4-6-17(7-5-16)24(21-14-18(27)8-11-23(21)31)28-25(32)22-15-20(12-13-26(2,3)33)30(29-22)19-9-10-19/h4-8,11,14-15,19,24,31,33H,9-10H2,1-3H3,(H,28,32)/t24-/m1/s1. The van der Waals surface area contributed by atoms with E-state index in [1.807, 2.05) is 31.2 Å². The Morgan fingerprint density at radius 1 is 1.21 bits per heavy atom. The van der Waals surface area contributed by atoms with Gasteiger partial charge in [-0.15, -0.1) is 0 Å². The summed E-state index contributed by atoms with van der Waals surface area (Å²) in [6.45, 7) is 5.12. The minimum absolute atomic E-state index is 0.123. The lowest BCUT2D eigenvalue weighted by molar-refractivity contribution is 0.0936. The van der Waals surface area contributed by atoms with Gasteiger partial charge in [0.2, 0.25) is 0 Å². The molecule has 1 aromatic heterocycles. The number of aliphatic hydroxyl groups is 1. The number of phenols is 1. The number of aryl methyl sites for hydroxylation is 1. The molecule has 33 heavy (non-hydrogen) atoms. The molecule has 3 aromatic rings. The fraction of sp³-hybridized carbons (Fsp3) is 0.308. The van der Waals surface area contributed by atoms with E-state index in [9.17, 15) is 19.4 Å². The molecule has 6 nitrogen and oxygen atoms in total. The maximum atomic E-state index is 14.0. The van der Waals surface area contributed by atoms with Gasteiger partial charge in [0.1, 0.15) is 22.9 Å². The van der Waals surface area contributed by atoms with Gasteiger partial charge in [0.25, 0.3) is 5.91 Å². The van der Waals surface area contributed by atoms with Crippen LogP contribution in [0.5, 0.6) is 5.75 Å². The second kappa shape index (κ2) is 8.72. The number of benzene rings is 2. The summed E-state index contributed by atoms with van der Waals surface area (Å²) >= 11 is 0. The summed E-state index contributed by atoms with van der Waals surface area (Å²) in [5.41, 5.74) is 1.51. The van der Waals surface area contributed by atoms with E-state index in [-0.39, 0.29) is 23.0 Å². The molecule has 1 aliphatic rings. The van der Waals surface area contributed by atoms with Gasteiger partial charge in [-0.1, -0.05) is 35.7 Å². The first-order chi connectivity index (χ1) is 15.6. The molecule has 1 atom stereocenters. The zero-order chi connectivity index (χ0) is 23.8. The quantitative estimate of drug-likeness (QED) is 0.516. The van der Waals surface area contributed by atoms with Crippen LogP contribution in [-0.4, -0.2) is 31.5 Å². The summed E-state index contributed by atoms with van der Waals surface area (Å²) < 4.78 is 15.7. The Morgan fingerprint density at radius 3 is 2.55 bits per heavy atom. The van der Waals surface area contributed by atoms with Crippen LogP contribution >= 0.6 is 0 Å². The van der Waals surface area contributed by atoms with Crippen molar-refractivity contribution in [2.45, 2.75) is 51.3 Å². The number of aromatic hydroxyl groups is 1. The maximum Gasteiger partial charge on any atom is 0.272 e. The molecule has 0 unspecified atom stereocenters. The van der Waals surface area contributed by atoms with E-state index in [2.05, 4.69) is 22.3 Å². The SMILES string of the molecule is Cc1ccc([C@@H](NC(=O)c2cc(C#CC(C)(C)O)n(C3CC3)n2)c2cc(F)ccc2O)cc1. The maximum absolute atomic E-state index is 14.0. The number of aromatic nitrogens is 2. The van der Waals surface area contributed by atoms with E-state index < -0.39 is 23.4 Å². The topological polar surface area (TPSA) is 87.4 Å². The van der Waals surface area contributed by atoms with Crippen LogP contribution in [0, 0.1) is 24.6 Å². The lowest BCUT2D eigenvalue weighted by Crippen LogP contribution is -2.30. The highest BCUT2D eigenvalue weighted by atomic mass is 19.1. The molecule has 7 heteroatoms. The van der Waals surface area contributed by atoms with E-state index in [0.29, 0.717) is 11.3 Å². The highest BCUT2D eigenvalue weighted by Gasteiger charge is 2.29. The van der Waals surface area contributed by atoms with Gasteiger partial charge >= 0.3 is 0 Å². The fourth-order valence-electron chi connectivity index (χ4n) is 3.47. The van der Waals surface area contributed by atoms with Gasteiger partial charge in [0, 0.05) is 11.6 Å². The van der Waals surface area contributed by atoms with Gasteiger partial charge < -0.3 is 15.5 Å². The van der Waals surface area contributed by atoms with Crippen molar-refractivity contribution >= 4 is 5.91 Å². The number of rotatable bonds is 5. The van der Waals surface area contributed by atoms with Crippen molar-refractivity contribution < 1.29 is 19.4 Å². The zero-order valence-electron chi connectivity index (χ0n) is 18.8. The van der Waals surface area contributed by atoms with Gasteiger partial charge in [0.05, 0.1) is 12.1 Å². The Labute approximate surface area is 192 Å². The first kappa shape index (κ1) is 22.6. The minimum Gasteiger partial charge on any atom is -0.508 e. The first-order valence-corrected chi connectivity index (χ1v) is 10.8. The van der Waals surface area contributed by atoms with Crippen molar-refractivity contribution in [3.63, 3.8) is 0 Å². The van der Waals surface area contributed by atoms with Crippen molar-refractivity contribution in [2.75, 3.05) is 0 Å². The summed E-state index contributed by atoms with van der Waals surface area (Å²) in [6, 6.07) is 12.0. The van der Waals surface area contributed by atoms with E-state index in [1.54, 1.807) is 24.6 Å². The van der Waals surface area contributed by atoms with Crippen molar-refractivity contribution in [1.82, 2.24) is 15.1 Å². The molecule has 170 valence electrons. The minimum atomic E-state index is -1.17. The lowest BCUT2D eigenvalue weighted by Gasteiger charge is -2.20. The Bertz CT molecular complexity index is 1240. The summed E-state index contributed by atoms with van der Waals surface area (Å²) in [7, 11) is 0. The monoisotopic (exact) mass is 447 g/mol. The second-order valence-electron chi connectivity index (χ2n) is 8.92. The van der Waals surface area contributed by atoms with Crippen LogP contribution < -0.4 is 5.32 Å². The van der Waals surface area contributed by atoms with Crippen LogP contribution in [-0.2, 0) is 0 Å². The largest absolute Gasteiger partial charge is 0.508 e. The summed E-state index contributed by atoms with van der Waals surface area (Å²) in [6.07, 6.45) is 1.90. The molecule has 1 amide bonds. The molecule has 0 bridgehead atoms. The molecule has 4 rings (SSSR count). The molecule has 1 fully saturated rings. The molecule has 1 heterocycles. The van der Waals surface area contributed by atoms with E-state index in [1.165, 1.54) is 12.1 Å². The molecule has 1 saturated carbocycles. The molecular formula is C26H26FN3O3. The van der Waals surface area contributed by atoms with Crippen LogP contribution in [0.25, 0.3) is 0 Å². The van der Waals surface area contributed by atoms with Crippen molar-refractivity contribution in [2.24, 2.45) is 0 Å². The zero-order valence-corrected chi connectivity index (χ0v) is 18.8. The number of hydrogen-bond acceptors (Lipinski definition) is 4. The Hall–Kier alpha value is -3.63. The van der Waals surface area contributed by atoms with E-state index in [4.69, 9.17) is 0 Å². The van der Waals surface area contributed by atoms with Gasteiger partial charge in [-0.25, -0.2) is 4.39 Å². The molecule has 0 saturated heterocycles. The Kier molecular flexibility index (Phi) is 5.96. The first-order valence-electron chi connectivity index (χ1n) is 10.8. The van der Waals surface area contributed by atoms with Gasteiger partial charge in [-0.3, -0.25) is 9.48 Å². The molecule has 0 aliphatic heterocycles. The van der Waals surface area contributed by atoms with Gasteiger partial charge in [0.15, 0.2) is 5.69 Å². The van der Waals surface area contributed by atoms with E-state index in [0.717, 1.165) is 24.5 Å². The van der Waals surface area contributed by atoms with Gasteiger partial charge in [-0.05, 0) is 63.3 Å². The van der Waals surface area contributed by atoms with E-state index >= 15 is 0 Å². The third kappa shape index (κ3) is 5.41. The van der Waals surface area contributed by atoms with Crippen molar-refractivity contribution in [1.29, 1.82) is 0 Å². The molecular weight excluding hydrogens is 421 g/mol. The number of halogens is 1. The summed E-state index contributed by atoms with van der Waals surface area (Å²) in [5, 5.41) is 27.7. The molecule has 1 aliphatic carbocycles. The number of phenolic OH excluding ortho intramolecular Hbond substituents is 1. The third-order valence-corrected chi connectivity index (χ3v) is 5.34. The normalized spacial score (nSPS) is 14.3. The number of hydrogen-bond donors (Lipinski definition) is 3. The fourth-order valence-corrected chi connectivity index (χ4v) is 3.47. The lowest BCUT2D eigenvalue weighted by atomic mass is 9.96. The van der Waals surface area contributed by atoms with Crippen molar-refractivity contribution in [3.05, 3.63) is 82.4 Å². The number of amides is 1. The predicted octanol–water partition coefficient (Wildman–Crippen LogP) is 4.01. The smallest absolute Gasteiger partial charge is 0.272 e. The highest BCUT2D eigenvalue weighted by molar-refractivity contribution is 5.93. The molecule has 0 radical (unpaired) electrons. The Morgan fingerprint density at radius 2 is 1.91 bits per heavy atom. The van der Waals surface area contributed by atoms with Crippen LogP contribution in [0.3, 0.4) is 0 Å². The molecule has 0 spiro atoms. The van der Waals surface area contributed by atoms with Crippen LogP contribution in [0.4, 0.5) is 4.39 Å². The second-order valence-corrected chi connectivity index (χ2v) is 8.92. The third-order valence-electron chi connectivity index (χ3n) is 5.34. The van der Waals surface area contributed by atoms with Crippen LogP contribution in [0.15, 0.2) is 48.5 Å². The Balaban J connectivity index is 1.69. The average molecular weight is 448 g/mol. The molecule has 3 N–H and O–H groups in total. The highest BCUT2D eigenvalue weighted by Crippen LogP contribution is 2.36. The number of carbonyl (C=O) groups is 1. The van der Waals surface area contributed by atoms with Crippen molar-refractivity contribution in [3.8, 4) is 17.6 Å². The summed E-state index contributed by atoms with van der Waals surface area (Å²) in [5.74, 6) is 4.57. The predicted molar refractivity (Wildman–Crippen MR) is 122 cm³/mol. The number of nitrogens with zero attached hydrogens (tertiary/aromatic N) is 2. The summed E-state index contributed by atoms with van der Waals surface area (Å²) in [4.78, 5) is 13.2. The number of carbonyl (C=O) groups excluding carboxylic acids is 1. The number of nitrogens with one attached hydrogen (secondary N) is 1. The van der Waals surface area contributed by atoms with Gasteiger partial charge in [-0.2, -0.15) is 5.10 Å².